The molecule has 144 valence electrons. The van der Waals surface area contributed by atoms with Crippen molar-refractivity contribution < 1.29 is 23.9 Å². The van der Waals surface area contributed by atoms with Crippen LogP contribution in [0.2, 0.25) is 0 Å². The Morgan fingerprint density at radius 3 is 2.52 bits per heavy atom. The summed E-state index contributed by atoms with van der Waals surface area (Å²) in [6.45, 7) is 4.24. The molecule has 2 aliphatic rings. The van der Waals surface area contributed by atoms with Gasteiger partial charge in [0, 0.05) is 26.1 Å². The van der Waals surface area contributed by atoms with Crippen LogP contribution in [0.4, 0.5) is 4.79 Å². The molecule has 2 fully saturated rings. The lowest BCUT2D eigenvalue weighted by molar-refractivity contribution is -0.160. The number of benzene rings is 1. The lowest BCUT2D eigenvalue weighted by atomic mass is 10.1. The molecule has 1 aromatic rings. The first-order valence-electron chi connectivity index (χ1n) is 9.02. The van der Waals surface area contributed by atoms with E-state index in [1.165, 1.54) is 6.92 Å². The third-order valence-corrected chi connectivity index (χ3v) is 5.00. The van der Waals surface area contributed by atoms with E-state index in [0.29, 0.717) is 6.54 Å². The van der Waals surface area contributed by atoms with E-state index in [9.17, 15) is 19.2 Å². The highest BCUT2D eigenvalue weighted by Crippen LogP contribution is 2.29. The SMILES string of the molecule is C[C@H](OC(=O)[C@H]1CC(=O)N([C@@H](C)c2ccccc2)C1)C(=O)N1CCNC1=O. The number of carbonyl (C=O) groups excluding carboxylic acids is 4. The normalized spacial score (nSPS) is 21.8. The van der Waals surface area contributed by atoms with E-state index >= 15 is 0 Å². The summed E-state index contributed by atoms with van der Waals surface area (Å²) in [6.07, 6.45) is -1.02. The van der Waals surface area contributed by atoms with E-state index in [2.05, 4.69) is 5.32 Å². The zero-order valence-corrected chi connectivity index (χ0v) is 15.4. The maximum atomic E-state index is 12.4. The standard InChI is InChI=1S/C19H23N3O5/c1-12(14-6-4-3-5-7-14)22-11-15(10-16(22)23)18(25)27-13(2)17(24)21-9-8-20-19(21)26/h3-7,12-13,15H,8-11H2,1-2H3,(H,20,26)/t12-,13-,15-/m0/s1. The third-order valence-electron chi connectivity index (χ3n) is 5.00. The molecule has 2 saturated heterocycles. The van der Waals surface area contributed by atoms with Gasteiger partial charge in [0.2, 0.25) is 5.91 Å². The van der Waals surface area contributed by atoms with Crippen molar-refractivity contribution in [1.29, 1.82) is 0 Å². The number of likely N-dealkylation sites (tertiary alicyclic amines) is 1. The van der Waals surface area contributed by atoms with Crippen LogP contribution >= 0.6 is 0 Å². The summed E-state index contributed by atoms with van der Waals surface area (Å²) in [7, 11) is 0. The second kappa shape index (κ2) is 7.77. The van der Waals surface area contributed by atoms with Gasteiger partial charge in [-0.2, -0.15) is 0 Å². The molecule has 8 nitrogen and oxygen atoms in total. The van der Waals surface area contributed by atoms with E-state index in [0.717, 1.165) is 10.5 Å². The summed E-state index contributed by atoms with van der Waals surface area (Å²) in [6, 6.07) is 8.95. The molecule has 0 saturated carbocycles. The fourth-order valence-electron chi connectivity index (χ4n) is 3.40. The first-order valence-corrected chi connectivity index (χ1v) is 9.02. The Balaban J connectivity index is 1.59. The van der Waals surface area contributed by atoms with Crippen molar-refractivity contribution in [2.45, 2.75) is 32.4 Å². The van der Waals surface area contributed by atoms with Gasteiger partial charge in [0.1, 0.15) is 0 Å². The van der Waals surface area contributed by atoms with Gasteiger partial charge < -0.3 is 15.0 Å². The van der Waals surface area contributed by atoms with Gasteiger partial charge in [-0.15, -0.1) is 0 Å². The van der Waals surface area contributed by atoms with Crippen LogP contribution in [0.15, 0.2) is 30.3 Å². The van der Waals surface area contributed by atoms with Crippen LogP contribution in [0.1, 0.15) is 31.9 Å². The van der Waals surface area contributed by atoms with Crippen LogP contribution in [0, 0.1) is 5.92 Å². The largest absolute Gasteiger partial charge is 0.452 e. The summed E-state index contributed by atoms with van der Waals surface area (Å²) in [5.41, 5.74) is 0.989. The van der Waals surface area contributed by atoms with Crippen LogP contribution in [0.25, 0.3) is 0 Å². The van der Waals surface area contributed by atoms with E-state index < -0.39 is 29.9 Å². The lowest BCUT2D eigenvalue weighted by Crippen LogP contribution is -2.42. The Labute approximate surface area is 157 Å². The molecular formula is C19H23N3O5. The lowest BCUT2D eigenvalue weighted by Gasteiger charge is -2.25. The molecule has 0 spiro atoms. The number of hydrogen-bond acceptors (Lipinski definition) is 5. The fraction of sp³-hybridized carbons (Fsp3) is 0.474. The maximum absolute atomic E-state index is 12.4. The highest BCUT2D eigenvalue weighted by atomic mass is 16.5. The molecular weight excluding hydrogens is 350 g/mol. The summed E-state index contributed by atoms with van der Waals surface area (Å²) < 4.78 is 5.25. The molecule has 0 bridgehead atoms. The topological polar surface area (TPSA) is 96.0 Å². The van der Waals surface area contributed by atoms with Gasteiger partial charge in [-0.3, -0.25) is 19.3 Å². The second-order valence-corrected chi connectivity index (χ2v) is 6.83. The summed E-state index contributed by atoms with van der Waals surface area (Å²) in [4.78, 5) is 51.3. The molecule has 4 amide bonds. The average Bonchev–Trinajstić information content (AvgIpc) is 3.26. The van der Waals surface area contributed by atoms with Crippen molar-refractivity contribution in [1.82, 2.24) is 15.1 Å². The van der Waals surface area contributed by atoms with Crippen molar-refractivity contribution in [3.05, 3.63) is 35.9 Å². The van der Waals surface area contributed by atoms with Gasteiger partial charge in [-0.05, 0) is 19.4 Å². The summed E-state index contributed by atoms with van der Waals surface area (Å²) in [5.74, 6) is -1.89. The molecule has 0 radical (unpaired) electrons. The van der Waals surface area contributed by atoms with Crippen molar-refractivity contribution in [2.24, 2.45) is 5.92 Å². The number of hydrogen-bond donors (Lipinski definition) is 1. The summed E-state index contributed by atoms with van der Waals surface area (Å²) in [5, 5.41) is 2.53. The summed E-state index contributed by atoms with van der Waals surface area (Å²) >= 11 is 0. The first kappa shape index (κ1) is 18.9. The molecule has 0 unspecified atom stereocenters. The van der Waals surface area contributed by atoms with Gasteiger partial charge in [0.25, 0.3) is 5.91 Å². The van der Waals surface area contributed by atoms with E-state index in [1.54, 1.807) is 4.90 Å². The number of carbonyl (C=O) groups is 4. The molecule has 0 aromatic heterocycles. The first-order chi connectivity index (χ1) is 12.9. The Hall–Kier alpha value is -2.90. The number of esters is 1. The minimum Gasteiger partial charge on any atom is -0.452 e. The quantitative estimate of drug-likeness (QED) is 0.779. The monoisotopic (exact) mass is 373 g/mol. The molecule has 8 heteroatoms. The average molecular weight is 373 g/mol. The predicted molar refractivity (Wildman–Crippen MR) is 95.3 cm³/mol. The Morgan fingerprint density at radius 1 is 1.19 bits per heavy atom. The highest BCUT2D eigenvalue weighted by Gasteiger charge is 2.40. The van der Waals surface area contributed by atoms with E-state index in [4.69, 9.17) is 4.74 Å². The van der Waals surface area contributed by atoms with Crippen molar-refractivity contribution in [3.63, 3.8) is 0 Å². The maximum Gasteiger partial charge on any atom is 0.324 e. The van der Waals surface area contributed by atoms with Gasteiger partial charge in [0.05, 0.1) is 12.0 Å². The van der Waals surface area contributed by atoms with Crippen molar-refractivity contribution >= 4 is 23.8 Å². The van der Waals surface area contributed by atoms with Crippen LogP contribution in [-0.2, 0) is 19.1 Å². The van der Waals surface area contributed by atoms with Crippen LogP contribution < -0.4 is 5.32 Å². The van der Waals surface area contributed by atoms with E-state index in [1.807, 2.05) is 37.3 Å². The predicted octanol–water partition coefficient (Wildman–Crippen LogP) is 1.08. The molecule has 1 aromatic carbocycles. The molecule has 3 atom stereocenters. The molecule has 2 aliphatic heterocycles. The number of nitrogens with zero attached hydrogens (tertiary/aromatic N) is 2. The van der Waals surface area contributed by atoms with Gasteiger partial charge >= 0.3 is 12.0 Å². The van der Waals surface area contributed by atoms with Gasteiger partial charge in [-0.1, -0.05) is 30.3 Å². The number of urea groups is 1. The third kappa shape index (κ3) is 3.94. The minimum atomic E-state index is -1.07. The number of rotatable bonds is 5. The molecule has 3 rings (SSSR count). The van der Waals surface area contributed by atoms with Crippen LogP contribution in [0.3, 0.4) is 0 Å². The van der Waals surface area contributed by atoms with Crippen LogP contribution in [0.5, 0.6) is 0 Å². The fourth-order valence-corrected chi connectivity index (χ4v) is 3.40. The minimum absolute atomic E-state index is 0.0567. The number of nitrogens with one attached hydrogen (secondary N) is 1. The number of ether oxygens (including phenoxy) is 1. The number of imide groups is 1. The number of amides is 4. The zero-order valence-electron chi connectivity index (χ0n) is 15.4. The van der Waals surface area contributed by atoms with E-state index in [-0.39, 0.29) is 31.5 Å². The smallest absolute Gasteiger partial charge is 0.324 e. The zero-order chi connectivity index (χ0) is 19.6. The Kier molecular flexibility index (Phi) is 5.43. The van der Waals surface area contributed by atoms with Crippen molar-refractivity contribution in [3.8, 4) is 0 Å². The van der Waals surface area contributed by atoms with Gasteiger partial charge in [-0.25, -0.2) is 4.79 Å². The molecule has 2 heterocycles. The molecule has 27 heavy (non-hydrogen) atoms. The van der Waals surface area contributed by atoms with Crippen LogP contribution in [-0.4, -0.2) is 59.4 Å². The molecule has 1 N–H and O–H groups in total. The highest BCUT2D eigenvalue weighted by molar-refractivity contribution is 5.98. The second-order valence-electron chi connectivity index (χ2n) is 6.83. The Bertz CT molecular complexity index is 751. The van der Waals surface area contributed by atoms with Gasteiger partial charge in [0.15, 0.2) is 6.10 Å². The Morgan fingerprint density at radius 2 is 1.89 bits per heavy atom. The van der Waals surface area contributed by atoms with Crippen molar-refractivity contribution in [2.75, 3.05) is 19.6 Å². The molecule has 0 aliphatic carbocycles.